The molecule has 1 unspecified atom stereocenters. The topological polar surface area (TPSA) is 122 Å². The number of methoxy groups -OCH3 is 2. The highest BCUT2D eigenvalue weighted by Gasteiger charge is 2.37. The van der Waals surface area contributed by atoms with Crippen LogP contribution in [-0.2, 0) is 31.9 Å². The Morgan fingerprint density at radius 3 is 2.05 bits per heavy atom. The van der Waals surface area contributed by atoms with Crippen LogP contribution in [0.5, 0.6) is 11.5 Å². The first-order chi connectivity index (χ1) is 18.7. The third-order valence-electron chi connectivity index (χ3n) is 5.89. The van der Waals surface area contributed by atoms with Crippen molar-refractivity contribution >= 4 is 33.7 Å². The molecular formula is C28H32N2O7S2. The first-order valence-corrected chi connectivity index (χ1v) is 14.7. The maximum Gasteiger partial charge on any atom is 0.322 e. The van der Waals surface area contributed by atoms with Crippen molar-refractivity contribution in [3.63, 3.8) is 0 Å². The van der Waals surface area contributed by atoms with E-state index in [1.165, 1.54) is 43.1 Å². The molecule has 9 nitrogen and oxygen atoms in total. The molecule has 0 aliphatic heterocycles. The van der Waals surface area contributed by atoms with E-state index < -0.39 is 34.5 Å². The van der Waals surface area contributed by atoms with Gasteiger partial charge in [0.15, 0.2) is 0 Å². The Kier molecular flexibility index (Phi) is 11.2. The molecule has 0 saturated carbocycles. The van der Waals surface area contributed by atoms with Gasteiger partial charge in [-0.05, 0) is 59.7 Å². The molecule has 3 aromatic carbocycles. The number of nitrogens with zero attached hydrogens (tertiary/aromatic N) is 1. The van der Waals surface area contributed by atoms with Crippen molar-refractivity contribution in [2.75, 3.05) is 26.5 Å². The van der Waals surface area contributed by atoms with Gasteiger partial charge in [-0.15, -0.1) is 0 Å². The number of rotatable bonds is 15. The number of carboxylic acid groups (broad SMARTS) is 1. The van der Waals surface area contributed by atoms with Gasteiger partial charge in [-0.25, -0.2) is 8.42 Å². The summed E-state index contributed by atoms with van der Waals surface area (Å²) in [5.74, 6) is 0.205. The lowest BCUT2D eigenvalue weighted by Gasteiger charge is -2.28. The van der Waals surface area contributed by atoms with Crippen molar-refractivity contribution in [3.8, 4) is 11.5 Å². The molecule has 0 fully saturated rings. The molecule has 0 aliphatic carbocycles. The molecule has 0 heterocycles. The largest absolute Gasteiger partial charge is 0.497 e. The average Bonchev–Trinajstić information content (AvgIpc) is 2.95. The fourth-order valence-corrected chi connectivity index (χ4v) is 6.27. The number of thioether (sulfide) groups is 1. The summed E-state index contributed by atoms with van der Waals surface area (Å²) < 4.78 is 38.3. The fourth-order valence-electron chi connectivity index (χ4n) is 3.74. The molecular weight excluding hydrogens is 540 g/mol. The lowest BCUT2D eigenvalue weighted by molar-refractivity contribution is -0.141. The number of sulfonamides is 1. The van der Waals surface area contributed by atoms with Gasteiger partial charge in [0.25, 0.3) is 0 Å². The zero-order chi connectivity index (χ0) is 28.3. The molecule has 0 bridgehead atoms. The Hall–Kier alpha value is -3.54. The third-order valence-corrected chi connectivity index (χ3v) is 8.82. The van der Waals surface area contributed by atoms with Gasteiger partial charge < -0.3 is 19.9 Å². The first-order valence-electron chi connectivity index (χ1n) is 12.1. The minimum atomic E-state index is -4.34. The van der Waals surface area contributed by atoms with Crippen LogP contribution in [0, 0.1) is 0 Å². The summed E-state index contributed by atoms with van der Waals surface area (Å²) in [6.07, 6.45) is 0.0218. The summed E-state index contributed by atoms with van der Waals surface area (Å²) >= 11 is 1.50. The van der Waals surface area contributed by atoms with Crippen molar-refractivity contribution in [2.24, 2.45) is 0 Å². The Morgan fingerprint density at radius 2 is 1.49 bits per heavy atom. The second-order valence-corrected chi connectivity index (χ2v) is 11.5. The van der Waals surface area contributed by atoms with Crippen LogP contribution in [0.15, 0.2) is 83.8 Å². The Labute approximate surface area is 233 Å². The van der Waals surface area contributed by atoms with Gasteiger partial charge in [0.2, 0.25) is 15.9 Å². The number of nitrogens with one attached hydrogen (secondary N) is 1. The maximum atomic E-state index is 13.6. The van der Waals surface area contributed by atoms with E-state index in [1.54, 1.807) is 31.4 Å². The van der Waals surface area contributed by atoms with Gasteiger partial charge in [-0.3, -0.25) is 9.59 Å². The number of carbonyl (C=O) groups excluding carboxylic acids is 1. The molecule has 3 rings (SSSR count). The Balaban J connectivity index is 1.77. The minimum Gasteiger partial charge on any atom is -0.497 e. The molecule has 0 aliphatic rings. The molecule has 2 N–H and O–H groups in total. The van der Waals surface area contributed by atoms with E-state index in [0.717, 1.165) is 15.4 Å². The number of aliphatic carboxylic acids is 1. The monoisotopic (exact) mass is 572 g/mol. The standard InChI is InChI=1S/C28H32N2O7S2/c1-36-23-10-8-21(9-11-23)18-29-27(31)19-30(39(34,35)25-14-12-24(37-2)13-15-25)26(28(32)33)16-17-38-20-22-6-4-3-5-7-22/h3-15,26H,16-20H2,1-2H3,(H,29,31)(H,32,33). The highest BCUT2D eigenvalue weighted by molar-refractivity contribution is 7.98. The summed E-state index contributed by atoms with van der Waals surface area (Å²) in [5, 5.41) is 12.7. The second-order valence-electron chi connectivity index (χ2n) is 8.53. The van der Waals surface area contributed by atoms with E-state index in [0.29, 0.717) is 23.0 Å². The van der Waals surface area contributed by atoms with E-state index in [4.69, 9.17) is 9.47 Å². The van der Waals surface area contributed by atoms with Crippen molar-refractivity contribution in [2.45, 2.75) is 29.7 Å². The third kappa shape index (κ3) is 8.74. The summed E-state index contributed by atoms with van der Waals surface area (Å²) in [6, 6.07) is 20.9. The predicted molar refractivity (Wildman–Crippen MR) is 150 cm³/mol. The molecule has 3 aromatic rings. The van der Waals surface area contributed by atoms with Crippen LogP contribution in [-0.4, -0.2) is 62.3 Å². The smallest absolute Gasteiger partial charge is 0.322 e. The molecule has 11 heteroatoms. The maximum absolute atomic E-state index is 13.6. The van der Waals surface area contributed by atoms with Crippen LogP contribution in [0.4, 0.5) is 0 Å². The van der Waals surface area contributed by atoms with E-state index in [9.17, 15) is 23.1 Å². The lowest BCUT2D eigenvalue weighted by atomic mass is 10.2. The van der Waals surface area contributed by atoms with E-state index in [1.807, 2.05) is 30.3 Å². The Morgan fingerprint density at radius 1 is 0.897 bits per heavy atom. The van der Waals surface area contributed by atoms with Gasteiger partial charge in [-0.2, -0.15) is 16.1 Å². The quantitative estimate of drug-likeness (QED) is 0.264. The van der Waals surface area contributed by atoms with Crippen LogP contribution in [0.1, 0.15) is 17.5 Å². The zero-order valence-electron chi connectivity index (χ0n) is 21.8. The van der Waals surface area contributed by atoms with Crippen LogP contribution in [0.25, 0.3) is 0 Å². The summed E-state index contributed by atoms with van der Waals surface area (Å²) in [5.41, 5.74) is 1.86. The van der Waals surface area contributed by atoms with Gasteiger partial charge in [0.05, 0.1) is 25.7 Å². The summed E-state index contributed by atoms with van der Waals surface area (Å²) in [4.78, 5) is 25.1. The van der Waals surface area contributed by atoms with Gasteiger partial charge in [0, 0.05) is 12.3 Å². The average molecular weight is 573 g/mol. The van der Waals surface area contributed by atoms with Crippen molar-refractivity contribution < 1.29 is 32.6 Å². The minimum absolute atomic E-state index is 0.0218. The number of amides is 1. The first kappa shape index (κ1) is 30.0. The Bertz CT molecular complexity index is 1320. The summed E-state index contributed by atoms with van der Waals surface area (Å²) in [6.45, 7) is -0.505. The fraction of sp³-hybridized carbons (Fsp3) is 0.286. The number of ether oxygens (including phenoxy) is 2. The van der Waals surface area contributed by atoms with Gasteiger partial charge in [-0.1, -0.05) is 42.5 Å². The SMILES string of the molecule is COc1ccc(CNC(=O)CN(C(CCSCc2ccccc2)C(=O)O)S(=O)(=O)c2ccc(OC)cc2)cc1. The zero-order valence-corrected chi connectivity index (χ0v) is 23.4. The number of carbonyl (C=O) groups is 2. The highest BCUT2D eigenvalue weighted by atomic mass is 32.2. The molecule has 1 atom stereocenters. The van der Waals surface area contributed by atoms with E-state index in [2.05, 4.69) is 5.32 Å². The van der Waals surface area contributed by atoms with E-state index >= 15 is 0 Å². The van der Waals surface area contributed by atoms with Crippen LogP contribution in [0.2, 0.25) is 0 Å². The number of hydrogen-bond acceptors (Lipinski definition) is 7. The molecule has 208 valence electrons. The molecule has 1 amide bonds. The highest BCUT2D eigenvalue weighted by Crippen LogP contribution is 2.24. The molecule has 39 heavy (non-hydrogen) atoms. The molecule has 0 saturated heterocycles. The number of hydrogen-bond donors (Lipinski definition) is 2. The van der Waals surface area contributed by atoms with Gasteiger partial charge >= 0.3 is 5.97 Å². The molecule has 0 aromatic heterocycles. The normalized spacial score (nSPS) is 12.1. The molecule has 0 spiro atoms. The lowest BCUT2D eigenvalue weighted by Crippen LogP contribution is -2.49. The summed E-state index contributed by atoms with van der Waals surface area (Å²) in [7, 11) is -1.33. The number of carboxylic acids is 1. The van der Waals surface area contributed by atoms with Crippen LogP contribution < -0.4 is 14.8 Å². The molecule has 0 radical (unpaired) electrons. The van der Waals surface area contributed by atoms with Crippen molar-refractivity contribution in [1.29, 1.82) is 0 Å². The second kappa shape index (κ2) is 14.6. The van der Waals surface area contributed by atoms with Crippen LogP contribution >= 0.6 is 11.8 Å². The van der Waals surface area contributed by atoms with Crippen LogP contribution in [0.3, 0.4) is 0 Å². The van der Waals surface area contributed by atoms with Crippen molar-refractivity contribution in [3.05, 3.63) is 90.0 Å². The predicted octanol–water partition coefficient (Wildman–Crippen LogP) is 3.79. The number of benzene rings is 3. The van der Waals surface area contributed by atoms with Crippen molar-refractivity contribution in [1.82, 2.24) is 9.62 Å². The van der Waals surface area contributed by atoms with Gasteiger partial charge in [0.1, 0.15) is 17.5 Å². The van der Waals surface area contributed by atoms with E-state index in [-0.39, 0.29) is 17.9 Å².